The molecule has 0 aromatic heterocycles. The molecule has 0 fully saturated rings. The van der Waals surface area contributed by atoms with Gasteiger partial charge in [-0.1, -0.05) is 58.4 Å². The van der Waals surface area contributed by atoms with Crippen LogP contribution in [0.2, 0.25) is 0 Å². The van der Waals surface area contributed by atoms with Gasteiger partial charge >= 0.3 is 0 Å². The van der Waals surface area contributed by atoms with Crippen molar-refractivity contribution in [3.8, 4) is 5.75 Å². The van der Waals surface area contributed by atoms with Crippen LogP contribution >= 0.6 is 15.9 Å². The van der Waals surface area contributed by atoms with Gasteiger partial charge in [0.05, 0.1) is 5.56 Å². The van der Waals surface area contributed by atoms with Gasteiger partial charge in [0.1, 0.15) is 11.5 Å². The van der Waals surface area contributed by atoms with Crippen molar-refractivity contribution < 1.29 is 9.53 Å². The number of aryl methyl sites for hydroxylation is 1. The van der Waals surface area contributed by atoms with Crippen LogP contribution in [0, 0.1) is 6.92 Å². The third-order valence-electron chi connectivity index (χ3n) is 2.74. The Balaban J connectivity index is 2.38. The largest absolute Gasteiger partial charge is 0.455 e. The number of halogens is 1. The molecule has 0 atom stereocenters. The smallest absolute Gasteiger partial charge is 0.153 e. The Labute approximate surface area is 120 Å². The lowest BCUT2D eigenvalue weighted by Crippen LogP contribution is -1.99. The third-order valence-corrected chi connectivity index (χ3v) is 3.15. The van der Waals surface area contributed by atoms with Gasteiger partial charge in [0.2, 0.25) is 0 Å². The van der Waals surface area contributed by atoms with E-state index in [-0.39, 0.29) is 0 Å². The molecule has 3 heteroatoms. The Morgan fingerprint density at radius 2 is 1.84 bits per heavy atom. The van der Waals surface area contributed by atoms with Gasteiger partial charge in [-0.25, -0.2) is 0 Å². The molecule has 2 rings (SSSR count). The molecule has 0 amide bonds. The lowest BCUT2D eigenvalue weighted by Gasteiger charge is -2.13. The summed E-state index contributed by atoms with van der Waals surface area (Å²) in [5, 5.41) is 0. The summed E-state index contributed by atoms with van der Waals surface area (Å²) in [6, 6.07) is 15.2. The lowest BCUT2D eigenvalue weighted by atomic mass is 10.1. The summed E-state index contributed by atoms with van der Waals surface area (Å²) in [7, 11) is 0. The summed E-state index contributed by atoms with van der Waals surface area (Å²) in [4.78, 5) is 12.8. The number of carbonyl (C=O) groups is 1. The van der Waals surface area contributed by atoms with Crippen molar-refractivity contribution in [2.45, 2.75) is 6.92 Å². The van der Waals surface area contributed by atoms with E-state index in [0.717, 1.165) is 17.4 Å². The maximum atomic E-state index is 11.1. The predicted octanol–water partition coefficient (Wildman–Crippen LogP) is 4.58. The van der Waals surface area contributed by atoms with Crippen LogP contribution in [0.3, 0.4) is 0 Å². The molecule has 0 bridgehead atoms. The fourth-order valence-corrected chi connectivity index (χ4v) is 2.12. The molecule has 0 aliphatic rings. The summed E-state index contributed by atoms with van der Waals surface area (Å²) >= 11 is 3.31. The number of aldehydes is 1. The first-order valence-corrected chi connectivity index (χ1v) is 6.76. The molecule has 2 aromatic rings. The fourth-order valence-electron chi connectivity index (χ4n) is 1.76. The van der Waals surface area contributed by atoms with Gasteiger partial charge < -0.3 is 4.74 Å². The SMILES string of the molecule is Cc1cccc(C=O)c1O/C(=C\Br)c1ccccc1. The van der Waals surface area contributed by atoms with Gasteiger partial charge in [0, 0.05) is 10.5 Å². The first-order valence-electron chi connectivity index (χ1n) is 5.84. The first-order chi connectivity index (χ1) is 9.26. The second-order valence-corrected chi connectivity index (χ2v) is 4.51. The number of hydrogen-bond donors (Lipinski definition) is 0. The van der Waals surface area contributed by atoms with Crippen LogP contribution < -0.4 is 4.74 Å². The predicted molar refractivity (Wildman–Crippen MR) is 80.5 cm³/mol. The van der Waals surface area contributed by atoms with Crippen LogP contribution in [0.1, 0.15) is 21.5 Å². The number of benzene rings is 2. The van der Waals surface area contributed by atoms with E-state index < -0.39 is 0 Å². The molecule has 0 aliphatic heterocycles. The van der Waals surface area contributed by atoms with Crippen molar-refractivity contribution in [2.75, 3.05) is 0 Å². The highest BCUT2D eigenvalue weighted by Crippen LogP contribution is 2.28. The van der Waals surface area contributed by atoms with Gasteiger partial charge in [0.15, 0.2) is 6.29 Å². The molecule has 0 radical (unpaired) electrons. The monoisotopic (exact) mass is 316 g/mol. The molecule has 0 heterocycles. The van der Waals surface area contributed by atoms with Crippen molar-refractivity contribution >= 4 is 28.0 Å². The van der Waals surface area contributed by atoms with Crippen molar-refractivity contribution in [3.63, 3.8) is 0 Å². The lowest BCUT2D eigenvalue weighted by molar-refractivity contribution is 0.112. The average molecular weight is 317 g/mol. The van der Waals surface area contributed by atoms with Crippen LogP contribution in [-0.2, 0) is 0 Å². The van der Waals surface area contributed by atoms with E-state index in [2.05, 4.69) is 15.9 Å². The molecule has 19 heavy (non-hydrogen) atoms. The van der Waals surface area contributed by atoms with Crippen LogP contribution in [0.5, 0.6) is 5.75 Å². The number of carbonyl (C=O) groups excluding carboxylic acids is 1. The minimum Gasteiger partial charge on any atom is -0.455 e. The number of ether oxygens (including phenoxy) is 1. The number of hydrogen-bond acceptors (Lipinski definition) is 2. The molecule has 2 nitrogen and oxygen atoms in total. The zero-order valence-electron chi connectivity index (χ0n) is 10.5. The van der Waals surface area contributed by atoms with E-state index in [1.165, 1.54) is 0 Å². The van der Waals surface area contributed by atoms with Crippen LogP contribution in [0.25, 0.3) is 5.76 Å². The summed E-state index contributed by atoms with van der Waals surface area (Å²) in [5.41, 5.74) is 2.41. The highest BCUT2D eigenvalue weighted by molar-refractivity contribution is 9.11. The molecular weight excluding hydrogens is 304 g/mol. The van der Waals surface area contributed by atoms with Gasteiger partial charge in [-0.3, -0.25) is 4.79 Å². The van der Waals surface area contributed by atoms with E-state index >= 15 is 0 Å². The van der Waals surface area contributed by atoms with E-state index in [1.54, 1.807) is 11.1 Å². The zero-order valence-corrected chi connectivity index (χ0v) is 12.1. The second-order valence-electron chi connectivity index (χ2n) is 4.05. The molecule has 96 valence electrons. The zero-order chi connectivity index (χ0) is 13.7. The normalized spacial score (nSPS) is 11.2. The Hall–Kier alpha value is -1.87. The van der Waals surface area contributed by atoms with Gasteiger partial charge in [-0.2, -0.15) is 0 Å². The Bertz CT molecular complexity index is 603. The van der Waals surface area contributed by atoms with Gasteiger partial charge in [-0.05, 0) is 18.6 Å². The minimum atomic E-state index is 0.544. The highest BCUT2D eigenvalue weighted by atomic mass is 79.9. The van der Waals surface area contributed by atoms with Crippen molar-refractivity contribution in [2.24, 2.45) is 0 Å². The highest BCUT2D eigenvalue weighted by Gasteiger charge is 2.10. The third kappa shape index (κ3) is 3.12. The van der Waals surface area contributed by atoms with Crippen LogP contribution in [0.15, 0.2) is 53.5 Å². The molecule has 0 spiro atoms. The van der Waals surface area contributed by atoms with E-state index in [1.807, 2.05) is 49.4 Å². The molecule has 0 unspecified atom stereocenters. The molecular formula is C16H13BrO2. The van der Waals surface area contributed by atoms with Gasteiger partial charge in [-0.15, -0.1) is 0 Å². The van der Waals surface area contributed by atoms with Crippen LogP contribution in [0.4, 0.5) is 0 Å². The number of para-hydroxylation sites is 1. The Morgan fingerprint density at radius 3 is 2.47 bits per heavy atom. The molecule has 0 saturated heterocycles. The van der Waals surface area contributed by atoms with E-state index in [4.69, 9.17) is 4.74 Å². The molecule has 2 aromatic carbocycles. The summed E-state index contributed by atoms with van der Waals surface area (Å²) < 4.78 is 5.89. The molecule has 0 aliphatic carbocycles. The van der Waals surface area contributed by atoms with Crippen molar-refractivity contribution in [3.05, 3.63) is 70.2 Å². The first kappa shape index (κ1) is 13.6. The summed E-state index contributed by atoms with van der Waals surface area (Å²) in [5.74, 6) is 1.25. The molecule has 0 saturated carbocycles. The van der Waals surface area contributed by atoms with E-state index in [0.29, 0.717) is 17.1 Å². The second kappa shape index (κ2) is 6.34. The standard InChI is InChI=1S/C16H13BrO2/c1-12-6-5-9-14(11-18)16(12)19-15(10-17)13-7-3-2-4-8-13/h2-11H,1H3/b15-10-. The van der Waals surface area contributed by atoms with E-state index in [9.17, 15) is 4.79 Å². The summed E-state index contributed by atoms with van der Waals surface area (Å²) in [6.07, 6.45) is 0.805. The maximum absolute atomic E-state index is 11.1. The minimum absolute atomic E-state index is 0.544. The quantitative estimate of drug-likeness (QED) is 0.609. The van der Waals surface area contributed by atoms with Crippen molar-refractivity contribution in [1.82, 2.24) is 0 Å². The molecule has 0 N–H and O–H groups in total. The average Bonchev–Trinajstić information content (AvgIpc) is 2.46. The number of rotatable bonds is 4. The summed E-state index contributed by atoms with van der Waals surface area (Å²) in [6.45, 7) is 1.92. The fraction of sp³-hybridized carbons (Fsp3) is 0.0625. The van der Waals surface area contributed by atoms with Crippen LogP contribution in [-0.4, -0.2) is 6.29 Å². The van der Waals surface area contributed by atoms with Gasteiger partial charge in [0.25, 0.3) is 0 Å². The maximum Gasteiger partial charge on any atom is 0.153 e. The van der Waals surface area contributed by atoms with Crippen molar-refractivity contribution in [1.29, 1.82) is 0 Å². The Morgan fingerprint density at radius 1 is 1.11 bits per heavy atom. The topological polar surface area (TPSA) is 26.3 Å². The Kier molecular flexibility index (Phi) is 4.53.